The molecule has 11 heteroatoms. The van der Waals surface area contributed by atoms with Gasteiger partial charge in [-0.15, -0.1) is 0 Å². The number of hydrogen-bond acceptors (Lipinski definition) is 8. The van der Waals surface area contributed by atoms with Gasteiger partial charge in [-0.1, -0.05) is 60.8 Å². The van der Waals surface area contributed by atoms with Gasteiger partial charge >= 0.3 is 7.82 Å². The standard InChI is InChI=1S/C30H53O10P/c1-24(2)11-34-16-29(17-35-12-25(3)4,18-36-13-26(5)6)21-39-22-30(19-37-14-27(7)8,20-38-15-28(9)10)23-40-41(31,32)33/h1,3,5,7,9,11-23H2,2,4,6,8,10H3,(H2,31,32,33). The minimum absolute atomic E-state index is 0.0113. The molecule has 41 heavy (non-hydrogen) atoms. The van der Waals surface area contributed by atoms with Crippen molar-refractivity contribution in [3.8, 4) is 0 Å². The minimum atomic E-state index is -4.79. The minimum Gasteiger partial charge on any atom is -0.380 e. The predicted molar refractivity (Wildman–Crippen MR) is 162 cm³/mol. The molecule has 0 unspecified atom stereocenters. The second-order valence-electron chi connectivity index (χ2n) is 11.5. The first-order chi connectivity index (χ1) is 19.0. The summed E-state index contributed by atoms with van der Waals surface area (Å²) >= 11 is 0. The highest BCUT2D eigenvalue weighted by atomic mass is 31.2. The zero-order valence-electron chi connectivity index (χ0n) is 25.8. The van der Waals surface area contributed by atoms with Crippen LogP contribution < -0.4 is 0 Å². The van der Waals surface area contributed by atoms with Crippen LogP contribution in [0.5, 0.6) is 0 Å². The molecule has 0 fully saturated rings. The molecule has 0 heterocycles. The molecule has 0 aromatic carbocycles. The average molecular weight is 605 g/mol. The van der Waals surface area contributed by atoms with E-state index in [0.29, 0.717) is 19.8 Å². The van der Waals surface area contributed by atoms with Crippen LogP contribution in [0.4, 0.5) is 0 Å². The second kappa shape index (κ2) is 20.5. The van der Waals surface area contributed by atoms with E-state index in [1.807, 2.05) is 34.6 Å². The highest BCUT2D eigenvalue weighted by Crippen LogP contribution is 2.39. The van der Waals surface area contributed by atoms with Crippen molar-refractivity contribution < 1.29 is 47.3 Å². The van der Waals surface area contributed by atoms with Gasteiger partial charge in [0, 0.05) is 0 Å². The lowest BCUT2D eigenvalue weighted by atomic mass is 9.90. The third-order valence-electron chi connectivity index (χ3n) is 5.14. The summed E-state index contributed by atoms with van der Waals surface area (Å²) in [5.74, 6) is 0. The highest BCUT2D eigenvalue weighted by Gasteiger charge is 2.38. The quantitative estimate of drug-likeness (QED) is 0.0973. The van der Waals surface area contributed by atoms with Gasteiger partial charge in [0.05, 0.1) is 96.7 Å². The Morgan fingerprint density at radius 3 is 0.927 bits per heavy atom. The van der Waals surface area contributed by atoms with Crippen LogP contribution in [0, 0.1) is 10.8 Å². The molecule has 0 atom stereocenters. The Labute approximate surface area is 247 Å². The summed E-state index contributed by atoms with van der Waals surface area (Å²) in [5, 5.41) is 0. The van der Waals surface area contributed by atoms with Crippen LogP contribution in [0.3, 0.4) is 0 Å². The van der Waals surface area contributed by atoms with Gasteiger partial charge in [-0.3, -0.25) is 4.52 Å². The number of phosphoric ester groups is 1. The molecule has 0 aromatic rings. The van der Waals surface area contributed by atoms with Crippen LogP contribution in [0.2, 0.25) is 0 Å². The zero-order chi connectivity index (χ0) is 31.5. The fourth-order valence-electron chi connectivity index (χ4n) is 3.41. The average Bonchev–Trinajstić information content (AvgIpc) is 2.81. The van der Waals surface area contributed by atoms with E-state index in [9.17, 15) is 14.4 Å². The lowest BCUT2D eigenvalue weighted by Gasteiger charge is -2.37. The largest absolute Gasteiger partial charge is 0.469 e. The second-order valence-corrected chi connectivity index (χ2v) is 12.7. The topological polar surface area (TPSA) is 122 Å². The summed E-state index contributed by atoms with van der Waals surface area (Å²) in [7, 11) is -4.79. The molecule has 0 aliphatic heterocycles. The summed E-state index contributed by atoms with van der Waals surface area (Å²) in [6, 6.07) is 0. The Morgan fingerprint density at radius 1 is 0.488 bits per heavy atom. The molecule has 0 rings (SSSR count). The Balaban J connectivity index is 6.06. The molecular formula is C30H53O10P. The molecule has 0 amide bonds. The molecule has 0 saturated carbocycles. The summed E-state index contributed by atoms with van der Waals surface area (Å²) in [4.78, 5) is 18.9. The van der Waals surface area contributed by atoms with Crippen molar-refractivity contribution in [2.45, 2.75) is 34.6 Å². The highest BCUT2D eigenvalue weighted by molar-refractivity contribution is 7.46. The van der Waals surface area contributed by atoms with Crippen molar-refractivity contribution in [1.29, 1.82) is 0 Å². The van der Waals surface area contributed by atoms with Gasteiger partial charge < -0.3 is 38.2 Å². The Kier molecular flexibility index (Phi) is 19.8. The molecule has 10 nitrogen and oxygen atoms in total. The van der Waals surface area contributed by atoms with Crippen LogP contribution in [0.15, 0.2) is 60.8 Å². The van der Waals surface area contributed by atoms with Gasteiger partial charge in [-0.25, -0.2) is 4.57 Å². The van der Waals surface area contributed by atoms with Crippen molar-refractivity contribution in [3.05, 3.63) is 60.8 Å². The van der Waals surface area contributed by atoms with Gasteiger partial charge in [0.1, 0.15) is 0 Å². The SMILES string of the molecule is C=C(C)COCC(COCC(=C)C)(COCC(=C)C)COCC(COCC(=C)C)(COCC(=C)C)COP(=O)(O)O. The Bertz CT molecular complexity index is 821. The summed E-state index contributed by atoms with van der Waals surface area (Å²) in [6.07, 6.45) is 0. The molecule has 0 radical (unpaired) electrons. The van der Waals surface area contributed by atoms with E-state index >= 15 is 0 Å². The molecule has 0 aliphatic carbocycles. The monoisotopic (exact) mass is 604 g/mol. The molecule has 238 valence electrons. The number of ether oxygens (including phenoxy) is 6. The Hall–Kier alpha value is -1.43. The maximum absolute atomic E-state index is 11.6. The molecule has 0 bridgehead atoms. The van der Waals surface area contributed by atoms with E-state index in [0.717, 1.165) is 27.9 Å². The van der Waals surface area contributed by atoms with Gasteiger partial charge in [-0.05, 0) is 34.6 Å². The molecule has 2 N–H and O–H groups in total. The Morgan fingerprint density at radius 2 is 0.707 bits per heavy atom. The normalized spacial score (nSPS) is 12.4. The maximum atomic E-state index is 11.6. The van der Waals surface area contributed by atoms with Crippen LogP contribution >= 0.6 is 7.82 Å². The molecular weight excluding hydrogens is 551 g/mol. The van der Waals surface area contributed by atoms with Crippen LogP contribution in [0.25, 0.3) is 0 Å². The first-order valence-corrected chi connectivity index (χ1v) is 14.9. The van der Waals surface area contributed by atoms with E-state index in [1.165, 1.54) is 0 Å². The first kappa shape index (κ1) is 39.6. The molecule has 0 saturated heterocycles. The van der Waals surface area contributed by atoms with E-state index in [4.69, 9.17) is 32.9 Å². The van der Waals surface area contributed by atoms with E-state index in [1.54, 1.807) is 0 Å². The van der Waals surface area contributed by atoms with E-state index in [2.05, 4.69) is 32.9 Å². The van der Waals surface area contributed by atoms with E-state index < -0.39 is 18.7 Å². The number of phosphoric acid groups is 1. The lowest BCUT2D eigenvalue weighted by molar-refractivity contribution is -0.131. The molecule has 0 aliphatic rings. The van der Waals surface area contributed by atoms with Crippen molar-refractivity contribution in [2.75, 3.05) is 85.9 Å². The van der Waals surface area contributed by atoms with Gasteiger partial charge in [0.2, 0.25) is 0 Å². The number of hydrogen-bond donors (Lipinski definition) is 2. The van der Waals surface area contributed by atoms with Crippen molar-refractivity contribution in [2.24, 2.45) is 10.8 Å². The fourth-order valence-corrected chi connectivity index (χ4v) is 3.86. The van der Waals surface area contributed by atoms with Gasteiger partial charge in [-0.2, -0.15) is 0 Å². The summed E-state index contributed by atoms with van der Waals surface area (Å²) in [6.45, 7) is 30.8. The van der Waals surface area contributed by atoms with Crippen LogP contribution in [-0.4, -0.2) is 95.7 Å². The van der Waals surface area contributed by atoms with E-state index in [-0.39, 0.29) is 66.1 Å². The molecule has 0 spiro atoms. The summed E-state index contributed by atoms with van der Waals surface area (Å²) in [5.41, 5.74) is 2.38. The van der Waals surface area contributed by atoms with Crippen LogP contribution in [-0.2, 0) is 37.5 Å². The van der Waals surface area contributed by atoms with Crippen molar-refractivity contribution in [3.63, 3.8) is 0 Å². The lowest BCUT2D eigenvalue weighted by Crippen LogP contribution is -2.46. The maximum Gasteiger partial charge on any atom is 0.469 e. The van der Waals surface area contributed by atoms with Crippen molar-refractivity contribution >= 4 is 7.82 Å². The third kappa shape index (κ3) is 21.9. The smallest absolute Gasteiger partial charge is 0.380 e. The fraction of sp³-hybridized carbons (Fsp3) is 0.667. The molecule has 0 aromatic heterocycles. The predicted octanol–water partition coefficient (Wildman–Crippen LogP) is 5.05. The first-order valence-electron chi connectivity index (χ1n) is 13.4. The zero-order valence-corrected chi connectivity index (χ0v) is 26.7. The summed E-state index contributed by atoms with van der Waals surface area (Å²) < 4.78 is 52.4. The third-order valence-corrected chi connectivity index (χ3v) is 5.60. The van der Waals surface area contributed by atoms with Gasteiger partial charge in [0.25, 0.3) is 0 Å². The number of rotatable bonds is 27. The van der Waals surface area contributed by atoms with Crippen molar-refractivity contribution in [1.82, 2.24) is 0 Å². The van der Waals surface area contributed by atoms with Crippen LogP contribution in [0.1, 0.15) is 34.6 Å². The van der Waals surface area contributed by atoms with Gasteiger partial charge in [0.15, 0.2) is 0 Å².